The lowest BCUT2D eigenvalue weighted by Crippen LogP contribution is -2.28. The minimum atomic E-state index is -0.352. The van der Waals surface area contributed by atoms with Crippen LogP contribution in [0.3, 0.4) is 0 Å². The van der Waals surface area contributed by atoms with Crippen molar-refractivity contribution in [3.8, 4) is 11.1 Å². The first kappa shape index (κ1) is 16.6. The molecule has 0 aliphatic rings. The van der Waals surface area contributed by atoms with Crippen molar-refractivity contribution in [1.82, 2.24) is 4.98 Å². The molecule has 3 nitrogen and oxygen atoms in total. The Morgan fingerprint density at radius 1 is 1.08 bits per heavy atom. The van der Waals surface area contributed by atoms with Crippen molar-refractivity contribution in [3.05, 3.63) is 66.0 Å². The van der Waals surface area contributed by atoms with Gasteiger partial charge in [-0.25, -0.2) is 0 Å². The predicted octanol–water partition coefficient (Wildman–Crippen LogP) is 4.19. The van der Waals surface area contributed by atoms with Crippen molar-refractivity contribution in [2.45, 2.75) is 32.2 Å². The van der Waals surface area contributed by atoms with Gasteiger partial charge in [0, 0.05) is 35.8 Å². The van der Waals surface area contributed by atoms with E-state index in [2.05, 4.69) is 48.3 Å². The first-order valence-corrected chi connectivity index (χ1v) is 8.29. The van der Waals surface area contributed by atoms with Gasteiger partial charge < -0.3 is 10.8 Å². The SMILES string of the molecule is CC(CO)c1c(-c2ccc(C(C)(C)N)cc2)ccc2cnccc12. The van der Waals surface area contributed by atoms with Crippen LogP contribution in [-0.2, 0) is 5.54 Å². The highest BCUT2D eigenvalue weighted by Gasteiger charge is 2.17. The average Bonchev–Trinajstić information content (AvgIpc) is 2.59. The first-order chi connectivity index (χ1) is 11.4. The van der Waals surface area contributed by atoms with E-state index in [-0.39, 0.29) is 18.1 Å². The number of benzene rings is 2. The van der Waals surface area contributed by atoms with Gasteiger partial charge in [-0.3, -0.25) is 4.98 Å². The molecule has 3 N–H and O–H groups in total. The van der Waals surface area contributed by atoms with Crippen molar-refractivity contribution in [3.63, 3.8) is 0 Å². The van der Waals surface area contributed by atoms with Crippen LogP contribution in [0.2, 0.25) is 0 Å². The standard InChI is InChI=1S/C21H24N2O/c1-14(13-24)20-18(9-6-16-12-23-11-10-19(16)20)15-4-7-17(8-5-15)21(2,3)22/h4-12,14,24H,13,22H2,1-3H3. The maximum Gasteiger partial charge on any atom is 0.0497 e. The Hall–Kier alpha value is -2.23. The van der Waals surface area contributed by atoms with Crippen LogP contribution in [0.5, 0.6) is 0 Å². The van der Waals surface area contributed by atoms with E-state index in [1.165, 1.54) is 0 Å². The molecule has 0 aliphatic heterocycles. The van der Waals surface area contributed by atoms with Gasteiger partial charge in [0.05, 0.1) is 0 Å². The first-order valence-electron chi connectivity index (χ1n) is 8.29. The minimum absolute atomic E-state index is 0.0525. The monoisotopic (exact) mass is 320 g/mol. The molecule has 124 valence electrons. The fourth-order valence-electron chi connectivity index (χ4n) is 3.15. The second-order valence-corrected chi connectivity index (χ2v) is 7.01. The summed E-state index contributed by atoms with van der Waals surface area (Å²) in [6.45, 7) is 6.17. The fraction of sp³-hybridized carbons (Fsp3) is 0.286. The normalized spacial score (nSPS) is 13.2. The Balaban J connectivity index is 2.18. The summed E-state index contributed by atoms with van der Waals surface area (Å²) in [5.41, 5.74) is 10.4. The van der Waals surface area contributed by atoms with E-state index in [1.54, 1.807) is 6.20 Å². The van der Waals surface area contributed by atoms with E-state index in [4.69, 9.17) is 5.73 Å². The van der Waals surface area contributed by atoms with Gasteiger partial charge in [-0.1, -0.05) is 43.3 Å². The molecule has 0 amide bonds. The molecule has 0 aliphatic carbocycles. The van der Waals surface area contributed by atoms with Crippen molar-refractivity contribution in [2.75, 3.05) is 6.61 Å². The third kappa shape index (κ3) is 3.05. The Bertz CT molecular complexity index is 848. The van der Waals surface area contributed by atoms with Gasteiger partial charge in [-0.05, 0) is 47.6 Å². The number of aliphatic hydroxyl groups excluding tert-OH is 1. The summed E-state index contributed by atoms with van der Waals surface area (Å²) in [5.74, 6) is 0.0525. The smallest absolute Gasteiger partial charge is 0.0497 e. The molecule has 0 saturated heterocycles. The minimum Gasteiger partial charge on any atom is -0.396 e. The third-order valence-electron chi connectivity index (χ3n) is 4.57. The van der Waals surface area contributed by atoms with Gasteiger partial charge in [0.15, 0.2) is 0 Å². The molecular formula is C21H24N2O. The van der Waals surface area contributed by atoms with Gasteiger partial charge in [0.2, 0.25) is 0 Å². The maximum absolute atomic E-state index is 9.74. The number of pyridine rings is 1. The average molecular weight is 320 g/mol. The summed E-state index contributed by atoms with van der Waals surface area (Å²) in [5, 5.41) is 12.0. The molecule has 1 aromatic heterocycles. The molecule has 1 atom stereocenters. The summed E-state index contributed by atoms with van der Waals surface area (Å²) < 4.78 is 0. The number of hydrogen-bond donors (Lipinski definition) is 2. The van der Waals surface area contributed by atoms with Crippen LogP contribution >= 0.6 is 0 Å². The van der Waals surface area contributed by atoms with Crippen LogP contribution in [0.15, 0.2) is 54.9 Å². The highest BCUT2D eigenvalue weighted by atomic mass is 16.3. The quantitative estimate of drug-likeness (QED) is 0.757. The second-order valence-electron chi connectivity index (χ2n) is 7.01. The van der Waals surface area contributed by atoms with Gasteiger partial charge in [-0.15, -0.1) is 0 Å². The van der Waals surface area contributed by atoms with Crippen LogP contribution in [0, 0.1) is 0 Å². The Kier molecular flexibility index (Phi) is 4.39. The summed E-state index contributed by atoms with van der Waals surface area (Å²) in [4.78, 5) is 4.20. The highest BCUT2D eigenvalue weighted by molar-refractivity contribution is 5.91. The maximum atomic E-state index is 9.74. The molecule has 0 saturated carbocycles. The van der Waals surface area contributed by atoms with Gasteiger partial charge >= 0.3 is 0 Å². The number of rotatable bonds is 4. The van der Waals surface area contributed by atoms with E-state index >= 15 is 0 Å². The summed E-state index contributed by atoms with van der Waals surface area (Å²) in [6, 6.07) is 14.6. The van der Waals surface area contributed by atoms with E-state index < -0.39 is 0 Å². The van der Waals surface area contributed by atoms with Crippen molar-refractivity contribution in [2.24, 2.45) is 5.73 Å². The summed E-state index contributed by atoms with van der Waals surface area (Å²) >= 11 is 0. The van der Waals surface area contributed by atoms with Crippen LogP contribution < -0.4 is 5.73 Å². The zero-order chi connectivity index (χ0) is 17.3. The van der Waals surface area contributed by atoms with Gasteiger partial charge in [0.1, 0.15) is 0 Å². The Labute approximate surface area is 143 Å². The number of fused-ring (bicyclic) bond motifs is 1. The van der Waals surface area contributed by atoms with E-state index in [0.29, 0.717) is 0 Å². The number of nitrogens with zero attached hydrogens (tertiary/aromatic N) is 1. The molecule has 24 heavy (non-hydrogen) atoms. The molecule has 0 fully saturated rings. The highest BCUT2D eigenvalue weighted by Crippen LogP contribution is 2.35. The second kappa shape index (κ2) is 6.34. The van der Waals surface area contributed by atoms with Crippen LogP contribution in [-0.4, -0.2) is 16.7 Å². The van der Waals surface area contributed by atoms with Crippen LogP contribution in [0.1, 0.15) is 37.8 Å². The largest absolute Gasteiger partial charge is 0.396 e. The van der Waals surface area contributed by atoms with E-state index in [0.717, 1.165) is 33.0 Å². The zero-order valence-electron chi connectivity index (χ0n) is 14.5. The van der Waals surface area contributed by atoms with E-state index in [1.807, 2.05) is 26.1 Å². The fourth-order valence-corrected chi connectivity index (χ4v) is 3.15. The predicted molar refractivity (Wildman–Crippen MR) is 99.9 cm³/mol. The van der Waals surface area contributed by atoms with Crippen molar-refractivity contribution >= 4 is 10.8 Å². The molecule has 3 aromatic rings. The summed E-state index contributed by atoms with van der Waals surface area (Å²) in [7, 11) is 0. The molecule has 0 radical (unpaired) electrons. The number of aromatic nitrogens is 1. The third-order valence-corrected chi connectivity index (χ3v) is 4.57. The van der Waals surface area contributed by atoms with Gasteiger partial charge in [-0.2, -0.15) is 0 Å². The molecule has 1 unspecified atom stereocenters. The Morgan fingerprint density at radius 2 is 1.79 bits per heavy atom. The zero-order valence-corrected chi connectivity index (χ0v) is 14.5. The topological polar surface area (TPSA) is 59.1 Å². The molecule has 1 heterocycles. The van der Waals surface area contributed by atoms with Gasteiger partial charge in [0.25, 0.3) is 0 Å². The lowest BCUT2D eigenvalue weighted by Gasteiger charge is -2.21. The molecule has 0 bridgehead atoms. The van der Waals surface area contributed by atoms with Crippen LogP contribution in [0.25, 0.3) is 21.9 Å². The van der Waals surface area contributed by atoms with Crippen LogP contribution in [0.4, 0.5) is 0 Å². The number of nitrogens with two attached hydrogens (primary N) is 1. The van der Waals surface area contributed by atoms with Crippen molar-refractivity contribution < 1.29 is 5.11 Å². The number of hydrogen-bond acceptors (Lipinski definition) is 3. The van der Waals surface area contributed by atoms with E-state index in [9.17, 15) is 5.11 Å². The molecule has 3 rings (SSSR count). The summed E-state index contributed by atoms with van der Waals surface area (Å²) in [6.07, 6.45) is 3.67. The lowest BCUT2D eigenvalue weighted by atomic mass is 9.87. The molecule has 2 aromatic carbocycles. The molecule has 3 heteroatoms. The Morgan fingerprint density at radius 3 is 2.42 bits per heavy atom. The molecular weight excluding hydrogens is 296 g/mol. The number of aliphatic hydroxyl groups is 1. The molecule has 0 spiro atoms. The van der Waals surface area contributed by atoms with Crippen molar-refractivity contribution in [1.29, 1.82) is 0 Å². The lowest BCUT2D eigenvalue weighted by molar-refractivity contribution is 0.274.